The van der Waals surface area contributed by atoms with Crippen LogP contribution in [-0.4, -0.2) is 0 Å². The van der Waals surface area contributed by atoms with Crippen LogP contribution in [0, 0.1) is 23.0 Å². The van der Waals surface area contributed by atoms with E-state index < -0.39 is 11.6 Å². The summed E-state index contributed by atoms with van der Waals surface area (Å²) in [5.41, 5.74) is 6.97. The molecule has 2 aromatic rings. The second-order valence-electron chi connectivity index (χ2n) is 3.87. The fourth-order valence-corrected chi connectivity index (χ4v) is 2.45. The molecule has 0 aromatic heterocycles. The maximum absolute atomic E-state index is 13.5. The lowest BCUT2D eigenvalue weighted by Gasteiger charge is -2.07. The molecule has 0 unspecified atom stereocenters. The van der Waals surface area contributed by atoms with E-state index in [9.17, 15) is 8.78 Å². The number of anilines is 1. The van der Waals surface area contributed by atoms with E-state index in [-0.39, 0.29) is 6.42 Å². The Morgan fingerprint density at radius 3 is 2.63 bits per heavy atom. The monoisotopic (exact) mass is 276 g/mol. The van der Waals surface area contributed by atoms with Gasteiger partial charge in [0.1, 0.15) is 11.6 Å². The first kappa shape index (κ1) is 13.4. The Kier molecular flexibility index (Phi) is 4.03. The highest BCUT2D eigenvalue weighted by atomic mass is 32.2. The second kappa shape index (κ2) is 5.72. The Bertz CT molecular complexity index is 650. The normalized spacial score (nSPS) is 10.2. The molecule has 2 aromatic carbocycles. The molecule has 2 rings (SSSR count). The third-order valence-electron chi connectivity index (χ3n) is 2.51. The number of hydrogen-bond donors (Lipinski definition) is 1. The summed E-state index contributed by atoms with van der Waals surface area (Å²) in [5, 5.41) is 8.69. The second-order valence-corrected chi connectivity index (χ2v) is 4.99. The maximum atomic E-state index is 13.5. The summed E-state index contributed by atoms with van der Waals surface area (Å²) in [6, 6.07) is 10.6. The molecular weight excluding hydrogens is 266 g/mol. The van der Waals surface area contributed by atoms with E-state index in [4.69, 9.17) is 11.0 Å². The molecular formula is C14H10F2N2S. The molecule has 0 amide bonds. The fraction of sp³-hybridized carbons (Fsp3) is 0.0714. The van der Waals surface area contributed by atoms with E-state index in [1.807, 2.05) is 6.07 Å². The van der Waals surface area contributed by atoms with Crippen LogP contribution in [0.5, 0.6) is 0 Å². The summed E-state index contributed by atoms with van der Waals surface area (Å²) < 4.78 is 26.3. The number of halogens is 2. The highest BCUT2D eigenvalue weighted by Gasteiger charge is 2.07. The van der Waals surface area contributed by atoms with E-state index in [0.717, 1.165) is 11.0 Å². The fourth-order valence-electron chi connectivity index (χ4n) is 1.57. The van der Waals surface area contributed by atoms with Gasteiger partial charge in [-0.1, -0.05) is 11.8 Å². The highest BCUT2D eigenvalue weighted by molar-refractivity contribution is 7.99. The van der Waals surface area contributed by atoms with Gasteiger partial charge in [-0.2, -0.15) is 5.26 Å². The van der Waals surface area contributed by atoms with E-state index in [2.05, 4.69) is 0 Å². The van der Waals surface area contributed by atoms with E-state index in [0.29, 0.717) is 16.1 Å². The molecule has 0 saturated carbocycles. The van der Waals surface area contributed by atoms with Gasteiger partial charge in [0.25, 0.3) is 0 Å². The van der Waals surface area contributed by atoms with Gasteiger partial charge in [0.2, 0.25) is 0 Å². The SMILES string of the molecule is N#CCc1cc(Sc2ccc(F)cc2F)ccc1N. The molecule has 0 fully saturated rings. The van der Waals surface area contributed by atoms with E-state index in [1.165, 1.54) is 23.9 Å². The summed E-state index contributed by atoms with van der Waals surface area (Å²) in [4.78, 5) is 1.08. The zero-order chi connectivity index (χ0) is 13.8. The molecule has 0 radical (unpaired) electrons. The third kappa shape index (κ3) is 3.24. The van der Waals surface area contributed by atoms with Crippen LogP contribution in [0.25, 0.3) is 0 Å². The van der Waals surface area contributed by atoms with Crippen molar-refractivity contribution in [3.63, 3.8) is 0 Å². The summed E-state index contributed by atoms with van der Waals surface area (Å²) >= 11 is 1.17. The number of benzene rings is 2. The Labute approximate surface area is 113 Å². The molecule has 0 atom stereocenters. The van der Waals surface area contributed by atoms with Crippen LogP contribution in [0.2, 0.25) is 0 Å². The lowest BCUT2D eigenvalue weighted by molar-refractivity contribution is 0.565. The molecule has 0 heterocycles. The van der Waals surface area contributed by atoms with Crippen molar-refractivity contribution in [2.45, 2.75) is 16.2 Å². The Morgan fingerprint density at radius 2 is 1.95 bits per heavy atom. The van der Waals surface area contributed by atoms with Crippen molar-refractivity contribution < 1.29 is 8.78 Å². The van der Waals surface area contributed by atoms with Crippen LogP contribution in [0.4, 0.5) is 14.5 Å². The van der Waals surface area contributed by atoms with Gasteiger partial charge < -0.3 is 5.73 Å². The molecule has 0 saturated heterocycles. The van der Waals surface area contributed by atoms with E-state index in [1.54, 1.807) is 18.2 Å². The molecule has 2 nitrogen and oxygen atoms in total. The first-order valence-corrected chi connectivity index (χ1v) is 6.30. The summed E-state index contributed by atoms with van der Waals surface area (Å²) in [6.07, 6.45) is 0.201. The zero-order valence-electron chi connectivity index (χ0n) is 9.86. The molecule has 96 valence electrons. The summed E-state index contributed by atoms with van der Waals surface area (Å²) in [5.74, 6) is -1.21. The largest absolute Gasteiger partial charge is 0.398 e. The van der Waals surface area contributed by atoms with Crippen molar-refractivity contribution in [3.05, 3.63) is 53.6 Å². The van der Waals surface area contributed by atoms with Crippen molar-refractivity contribution in [1.29, 1.82) is 5.26 Å². The predicted octanol–water partition coefficient (Wildman–Crippen LogP) is 3.76. The van der Waals surface area contributed by atoms with E-state index >= 15 is 0 Å². The van der Waals surface area contributed by atoms with Gasteiger partial charge in [-0.15, -0.1) is 0 Å². The lowest BCUT2D eigenvalue weighted by Crippen LogP contribution is -1.93. The molecule has 0 aliphatic rings. The van der Waals surface area contributed by atoms with Gasteiger partial charge in [-0.3, -0.25) is 0 Å². The summed E-state index contributed by atoms with van der Waals surface area (Å²) in [6.45, 7) is 0. The van der Waals surface area contributed by atoms with Gasteiger partial charge >= 0.3 is 0 Å². The number of nitrogen functional groups attached to an aromatic ring is 1. The average molecular weight is 276 g/mol. The van der Waals surface area contributed by atoms with Gasteiger partial charge in [0.15, 0.2) is 0 Å². The topological polar surface area (TPSA) is 49.8 Å². The Hall–Kier alpha value is -2.06. The Morgan fingerprint density at radius 1 is 1.16 bits per heavy atom. The smallest absolute Gasteiger partial charge is 0.140 e. The van der Waals surface area contributed by atoms with Crippen molar-refractivity contribution >= 4 is 17.4 Å². The van der Waals surface area contributed by atoms with Gasteiger partial charge in [-0.05, 0) is 35.9 Å². The Balaban J connectivity index is 2.28. The van der Waals surface area contributed by atoms with Gasteiger partial charge in [-0.25, -0.2) is 8.78 Å². The minimum absolute atomic E-state index is 0.201. The standard InChI is InChI=1S/C14H10F2N2S/c15-10-1-4-14(12(16)8-10)19-11-2-3-13(18)9(7-11)5-6-17/h1-4,7-8H,5,18H2. The molecule has 19 heavy (non-hydrogen) atoms. The van der Waals surface area contributed by atoms with Crippen molar-refractivity contribution in [1.82, 2.24) is 0 Å². The predicted molar refractivity (Wildman–Crippen MR) is 70.7 cm³/mol. The van der Waals surface area contributed by atoms with Crippen LogP contribution in [-0.2, 0) is 6.42 Å². The molecule has 5 heteroatoms. The van der Waals surface area contributed by atoms with Crippen LogP contribution in [0.3, 0.4) is 0 Å². The first-order valence-electron chi connectivity index (χ1n) is 5.48. The molecule has 0 spiro atoms. The van der Waals surface area contributed by atoms with Gasteiger partial charge in [0.05, 0.1) is 12.5 Å². The van der Waals surface area contributed by atoms with Crippen molar-refractivity contribution in [3.8, 4) is 6.07 Å². The molecule has 0 aliphatic heterocycles. The third-order valence-corrected chi connectivity index (χ3v) is 3.55. The van der Waals surface area contributed by atoms with Crippen LogP contribution in [0.1, 0.15) is 5.56 Å². The van der Waals surface area contributed by atoms with Crippen molar-refractivity contribution in [2.24, 2.45) is 0 Å². The summed E-state index contributed by atoms with van der Waals surface area (Å²) in [7, 11) is 0. The first-order chi connectivity index (χ1) is 9.10. The zero-order valence-corrected chi connectivity index (χ0v) is 10.7. The highest BCUT2D eigenvalue weighted by Crippen LogP contribution is 2.32. The van der Waals surface area contributed by atoms with Crippen molar-refractivity contribution in [2.75, 3.05) is 5.73 Å². The minimum Gasteiger partial charge on any atom is -0.398 e. The maximum Gasteiger partial charge on any atom is 0.140 e. The van der Waals surface area contributed by atoms with Crippen LogP contribution >= 0.6 is 11.8 Å². The van der Waals surface area contributed by atoms with Gasteiger partial charge in [0, 0.05) is 21.5 Å². The number of nitrogens with two attached hydrogens (primary N) is 1. The number of hydrogen-bond acceptors (Lipinski definition) is 3. The molecule has 0 bridgehead atoms. The minimum atomic E-state index is -0.608. The number of nitriles is 1. The number of rotatable bonds is 3. The van der Waals surface area contributed by atoms with Crippen LogP contribution < -0.4 is 5.73 Å². The molecule has 0 aliphatic carbocycles. The quantitative estimate of drug-likeness (QED) is 0.868. The van der Waals surface area contributed by atoms with Crippen LogP contribution in [0.15, 0.2) is 46.2 Å². The number of nitrogens with zero attached hydrogens (tertiary/aromatic N) is 1. The molecule has 2 N–H and O–H groups in total. The average Bonchev–Trinajstić information content (AvgIpc) is 2.37. The lowest BCUT2D eigenvalue weighted by atomic mass is 10.1.